The van der Waals surface area contributed by atoms with Gasteiger partial charge in [-0.25, -0.2) is 4.79 Å². The fourth-order valence-electron chi connectivity index (χ4n) is 2.68. The number of carbonyl (C=O) groups excluding carboxylic acids is 1. The second kappa shape index (κ2) is 8.77. The molecule has 0 atom stereocenters. The molecular weight excluding hydrogens is 418 g/mol. The van der Waals surface area contributed by atoms with Crippen molar-refractivity contribution in [2.75, 3.05) is 6.54 Å². The van der Waals surface area contributed by atoms with Crippen LogP contribution in [0.2, 0.25) is 5.02 Å². The van der Waals surface area contributed by atoms with Crippen LogP contribution in [0.5, 0.6) is 0 Å². The van der Waals surface area contributed by atoms with Crippen LogP contribution >= 0.6 is 35.6 Å². The van der Waals surface area contributed by atoms with E-state index in [-0.39, 0.29) is 16.5 Å². The second-order valence-electron chi connectivity index (χ2n) is 5.95. The molecule has 1 aromatic heterocycles. The van der Waals surface area contributed by atoms with E-state index < -0.39 is 5.97 Å². The Kier molecular flexibility index (Phi) is 6.39. The van der Waals surface area contributed by atoms with Gasteiger partial charge in [0.05, 0.1) is 15.5 Å². The molecule has 1 aromatic carbocycles. The average molecular weight is 434 g/mol. The molecule has 2 aromatic rings. The van der Waals surface area contributed by atoms with E-state index >= 15 is 0 Å². The molecular formula is C20H16ClNO4S2. The summed E-state index contributed by atoms with van der Waals surface area (Å²) in [5.74, 6) is 0.191. The van der Waals surface area contributed by atoms with Gasteiger partial charge in [0.25, 0.3) is 5.91 Å². The van der Waals surface area contributed by atoms with Crippen LogP contribution < -0.4 is 0 Å². The van der Waals surface area contributed by atoms with Gasteiger partial charge in [-0.2, -0.15) is 0 Å². The number of carbonyl (C=O) groups is 2. The summed E-state index contributed by atoms with van der Waals surface area (Å²) in [6.07, 6.45) is 4.76. The maximum atomic E-state index is 12.3. The molecule has 28 heavy (non-hydrogen) atoms. The number of furan rings is 1. The molecule has 1 saturated heterocycles. The lowest BCUT2D eigenvalue weighted by atomic mass is 10.1. The molecule has 0 saturated carbocycles. The van der Waals surface area contributed by atoms with Crippen LogP contribution in [0.25, 0.3) is 11.3 Å². The highest BCUT2D eigenvalue weighted by Gasteiger charge is 2.30. The van der Waals surface area contributed by atoms with Crippen molar-refractivity contribution in [3.05, 3.63) is 70.3 Å². The zero-order chi connectivity index (χ0) is 20.3. The number of hydrogen-bond acceptors (Lipinski definition) is 5. The monoisotopic (exact) mass is 433 g/mol. The Balaban J connectivity index is 1.65. The number of aromatic carboxylic acids is 1. The number of carboxylic acids is 1. The second-order valence-corrected chi connectivity index (χ2v) is 8.03. The number of amides is 1. The lowest BCUT2D eigenvalue weighted by molar-refractivity contribution is -0.121. The molecule has 0 aliphatic carbocycles. The van der Waals surface area contributed by atoms with E-state index in [9.17, 15) is 9.59 Å². The van der Waals surface area contributed by atoms with Gasteiger partial charge in [0.15, 0.2) is 0 Å². The third-order valence-corrected chi connectivity index (χ3v) is 5.79. The molecule has 1 amide bonds. The predicted molar refractivity (Wildman–Crippen MR) is 115 cm³/mol. The summed E-state index contributed by atoms with van der Waals surface area (Å²) in [5.41, 5.74) is 0.748. The summed E-state index contributed by atoms with van der Waals surface area (Å²) in [4.78, 5) is 25.5. The molecule has 144 valence electrons. The molecule has 1 N–H and O–H groups in total. The van der Waals surface area contributed by atoms with Gasteiger partial charge in [-0.3, -0.25) is 9.69 Å². The van der Waals surface area contributed by atoms with Gasteiger partial charge in [-0.15, -0.1) is 6.58 Å². The molecule has 3 rings (SSSR count). The Bertz CT molecular complexity index is 996. The van der Waals surface area contributed by atoms with E-state index in [0.717, 1.165) is 5.76 Å². The minimum atomic E-state index is -1.07. The molecule has 1 aliphatic rings. The quantitative estimate of drug-likeness (QED) is 0.369. The number of nitrogens with zero attached hydrogens (tertiary/aromatic N) is 1. The molecule has 5 nitrogen and oxygen atoms in total. The van der Waals surface area contributed by atoms with Gasteiger partial charge in [0.2, 0.25) is 0 Å². The van der Waals surface area contributed by atoms with Gasteiger partial charge in [-0.05, 0) is 30.7 Å². The van der Waals surface area contributed by atoms with Crippen molar-refractivity contribution in [1.82, 2.24) is 4.90 Å². The summed E-state index contributed by atoms with van der Waals surface area (Å²) < 4.78 is 6.36. The zero-order valence-electron chi connectivity index (χ0n) is 14.7. The Morgan fingerprint density at radius 3 is 2.82 bits per heavy atom. The van der Waals surface area contributed by atoms with E-state index in [1.807, 2.05) is 18.2 Å². The standard InChI is InChI=1S/C20H16ClNO4S2/c1-2-10-22-18(23)17(28-20(22)27)5-3-4-13-7-9-16(26-13)12-6-8-14(19(24)25)15(21)11-12/h2,5-9,11H,1,3-4,10H2,(H,24,25)/b17-5-. The predicted octanol–water partition coefficient (Wildman–Crippen LogP) is 5.16. The van der Waals surface area contributed by atoms with Gasteiger partial charge < -0.3 is 9.52 Å². The number of benzene rings is 1. The molecule has 0 unspecified atom stereocenters. The van der Waals surface area contributed by atoms with E-state index in [0.29, 0.717) is 39.9 Å². The minimum absolute atomic E-state index is 0.0472. The van der Waals surface area contributed by atoms with Gasteiger partial charge in [-0.1, -0.05) is 53.8 Å². The first-order chi connectivity index (χ1) is 13.4. The lowest BCUT2D eigenvalue weighted by Gasteiger charge is -2.10. The maximum absolute atomic E-state index is 12.3. The van der Waals surface area contributed by atoms with Crippen LogP contribution in [-0.4, -0.2) is 32.7 Å². The smallest absolute Gasteiger partial charge is 0.337 e. The van der Waals surface area contributed by atoms with Crippen molar-refractivity contribution in [1.29, 1.82) is 0 Å². The molecule has 1 aliphatic heterocycles. The number of thiocarbonyl (C=S) groups is 1. The fourth-order valence-corrected chi connectivity index (χ4v) is 4.22. The SMILES string of the molecule is C=CCN1C(=O)/C(=C/CCc2ccc(-c3ccc(C(=O)O)c(Cl)c3)o2)SC1=S. The summed E-state index contributed by atoms with van der Waals surface area (Å²) >= 11 is 12.5. The molecule has 0 spiro atoms. The summed E-state index contributed by atoms with van der Waals surface area (Å²) in [6, 6.07) is 8.34. The van der Waals surface area contributed by atoms with E-state index in [4.69, 9.17) is 33.3 Å². The first kappa shape index (κ1) is 20.4. The Morgan fingerprint density at radius 2 is 2.14 bits per heavy atom. The molecule has 1 fully saturated rings. The topological polar surface area (TPSA) is 70.8 Å². The first-order valence-corrected chi connectivity index (χ1v) is 9.97. The highest BCUT2D eigenvalue weighted by atomic mass is 35.5. The normalized spacial score (nSPS) is 15.5. The number of thioether (sulfide) groups is 1. The van der Waals surface area contributed by atoms with Gasteiger partial charge in [0.1, 0.15) is 15.8 Å². The van der Waals surface area contributed by atoms with Crippen LogP contribution in [0.1, 0.15) is 22.5 Å². The summed E-state index contributed by atoms with van der Waals surface area (Å²) in [6.45, 7) is 4.04. The van der Waals surface area contributed by atoms with Crippen molar-refractivity contribution >= 4 is 51.8 Å². The van der Waals surface area contributed by atoms with Gasteiger partial charge >= 0.3 is 5.97 Å². The largest absolute Gasteiger partial charge is 0.478 e. The zero-order valence-corrected chi connectivity index (χ0v) is 17.1. The van der Waals surface area contributed by atoms with Crippen LogP contribution in [0.3, 0.4) is 0 Å². The van der Waals surface area contributed by atoms with Crippen molar-refractivity contribution in [2.24, 2.45) is 0 Å². The molecule has 0 radical (unpaired) electrons. The third kappa shape index (κ3) is 4.38. The number of carboxylic acid groups (broad SMARTS) is 1. The van der Waals surface area contributed by atoms with Crippen LogP contribution in [0.15, 0.2) is 58.4 Å². The fraction of sp³-hybridized carbons (Fsp3) is 0.150. The van der Waals surface area contributed by atoms with Crippen LogP contribution in [0.4, 0.5) is 0 Å². The molecule has 2 heterocycles. The Labute approximate surface area is 176 Å². The van der Waals surface area contributed by atoms with Crippen molar-refractivity contribution in [3.63, 3.8) is 0 Å². The number of hydrogen-bond donors (Lipinski definition) is 1. The van der Waals surface area contributed by atoms with Crippen molar-refractivity contribution in [3.8, 4) is 11.3 Å². The number of aryl methyl sites for hydroxylation is 1. The number of halogens is 1. The maximum Gasteiger partial charge on any atom is 0.337 e. The Hall–Kier alpha value is -2.35. The molecule has 0 bridgehead atoms. The lowest BCUT2D eigenvalue weighted by Crippen LogP contribution is -2.27. The average Bonchev–Trinajstić information content (AvgIpc) is 3.22. The van der Waals surface area contributed by atoms with Crippen molar-refractivity contribution < 1.29 is 19.1 Å². The summed E-state index contributed by atoms with van der Waals surface area (Å²) in [7, 11) is 0. The Morgan fingerprint density at radius 1 is 1.36 bits per heavy atom. The van der Waals surface area contributed by atoms with Crippen molar-refractivity contribution in [2.45, 2.75) is 12.8 Å². The highest BCUT2D eigenvalue weighted by molar-refractivity contribution is 8.26. The minimum Gasteiger partial charge on any atom is -0.478 e. The van der Waals surface area contributed by atoms with Crippen LogP contribution in [0, 0.1) is 0 Å². The first-order valence-electron chi connectivity index (χ1n) is 8.37. The van der Waals surface area contributed by atoms with E-state index in [1.54, 1.807) is 18.2 Å². The van der Waals surface area contributed by atoms with E-state index in [1.165, 1.54) is 22.7 Å². The third-order valence-electron chi connectivity index (χ3n) is 4.05. The highest BCUT2D eigenvalue weighted by Crippen LogP contribution is 2.32. The molecule has 8 heteroatoms. The summed E-state index contributed by atoms with van der Waals surface area (Å²) in [5, 5.41) is 9.20. The number of rotatable bonds is 7. The number of allylic oxidation sites excluding steroid dienone is 1. The van der Waals surface area contributed by atoms with Gasteiger partial charge in [0, 0.05) is 18.5 Å². The van der Waals surface area contributed by atoms with E-state index in [2.05, 4.69) is 6.58 Å². The van der Waals surface area contributed by atoms with Crippen LogP contribution in [-0.2, 0) is 11.2 Å².